The smallest absolute Gasteiger partial charge is 1.00 e. The van der Waals surface area contributed by atoms with Gasteiger partial charge in [0.1, 0.15) is 0 Å². The van der Waals surface area contributed by atoms with Crippen molar-refractivity contribution >= 4 is 0 Å². The van der Waals surface area contributed by atoms with Gasteiger partial charge in [-0.2, -0.15) is 0 Å². The minimum absolute atomic E-state index is 0. The van der Waals surface area contributed by atoms with Crippen LogP contribution in [0.25, 0.3) is 0 Å². The Bertz CT molecular complexity index is 37.2. The predicted octanol–water partition coefficient (Wildman–Crippen LogP) is -2.71. The average Bonchev–Trinajstić information content (AvgIpc) is 1.46. The molecule has 0 heterocycles. The van der Waals surface area contributed by atoms with Crippen molar-refractivity contribution in [1.82, 2.24) is 0 Å². The Morgan fingerprint density at radius 1 is 1.67 bits per heavy atom. The normalized spacial score (nSPS) is 2.33. The predicted molar refractivity (Wildman–Crippen MR) is 12.1 cm³/mol. The molecule has 30 valence electrons. The van der Waals surface area contributed by atoms with E-state index in [1.165, 1.54) is 5.34 Å². The molecule has 0 aromatic rings. The minimum Gasteiger partial charge on any atom is -1.00 e. The van der Waals surface area contributed by atoms with Crippen LogP contribution in [0.1, 0.15) is 1.43 Å². The van der Waals surface area contributed by atoms with Crippen molar-refractivity contribution in [3.63, 3.8) is 0 Å². The zero-order chi connectivity index (χ0) is 4.71. The van der Waals surface area contributed by atoms with Gasteiger partial charge in [-0.05, 0) is 0 Å². The third-order valence-electron chi connectivity index (χ3n) is 0. The first kappa shape index (κ1) is 17.0. The Morgan fingerprint density at radius 3 is 1.67 bits per heavy atom. The first-order valence-corrected chi connectivity index (χ1v) is 0.583. The van der Waals surface area contributed by atoms with Crippen LogP contribution >= 0.6 is 0 Å². The summed E-state index contributed by atoms with van der Waals surface area (Å²) < 4.78 is 0. The fourth-order valence-electron chi connectivity index (χ4n) is 0. The van der Waals surface area contributed by atoms with Crippen molar-refractivity contribution in [1.29, 1.82) is 10.8 Å². The largest absolute Gasteiger partial charge is 1.00 e. The van der Waals surface area contributed by atoms with Crippen LogP contribution in [0.5, 0.6) is 0 Å². The first-order valence-electron chi connectivity index (χ1n) is 0.583. The topological polar surface area (TPSA) is 97.2 Å². The Hall–Kier alpha value is -0.180. The molecule has 0 saturated carbocycles. The maximum Gasteiger partial charge on any atom is 1.00 e. The summed E-state index contributed by atoms with van der Waals surface area (Å²) in [6.07, 6.45) is 0. The average molecular weight is 99.0 g/mol. The van der Waals surface area contributed by atoms with Crippen LogP contribution in [0.2, 0.25) is 0 Å². The number of hydrogen-bond donors (Lipinski definition) is 1. The van der Waals surface area contributed by atoms with E-state index in [1.54, 1.807) is 0 Å². The van der Waals surface area contributed by atoms with Crippen molar-refractivity contribution in [2.45, 2.75) is 0 Å². The van der Waals surface area contributed by atoms with Gasteiger partial charge >= 0.3 is 29.6 Å². The molecule has 0 spiro atoms. The standard InChI is InChI=1S/N2.HNO2.Na.H/c1-2;2-1-3;;/h;(H,2,3);;/q;;+1;-1. The summed E-state index contributed by atoms with van der Waals surface area (Å²) in [5.74, 6) is 0. The van der Waals surface area contributed by atoms with E-state index in [-0.39, 0.29) is 31.0 Å². The Labute approximate surface area is 57.5 Å². The van der Waals surface area contributed by atoms with Gasteiger partial charge in [-0.15, -0.1) is 4.91 Å². The molecule has 0 amide bonds. The summed E-state index contributed by atoms with van der Waals surface area (Å²) >= 11 is 0. The molecule has 0 aliphatic heterocycles. The molecule has 0 rings (SSSR count). The molecule has 5 nitrogen and oxygen atoms in total. The molecule has 0 aromatic heterocycles. The van der Waals surface area contributed by atoms with Crippen molar-refractivity contribution in [3.8, 4) is 0 Å². The molecular weight excluding hydrogens is 97.0 g/mol. The van der Waals surface area contributed by atoms with E-state index in [1.807, 2.05) is 0 Å². The maximum atomic E-state index is 8.11. The van der Waals surface area contributed by atoms with E-state index in [9.17, 15) is 0 Å². The summed E-state index contributed by atoms with van der Waals surface area (Å²) in [7, 11) is 0. The van der Waals surface area contributed by atoms with Gasteiger partial charge in [-0.3, -0.25) is 0 Å². The molecule has 1 N–H and O–H groups in total. The molecule has 0 bridgehead atoms. The van der Waals surface area contributed by atoms with E-state index < -0.39 is 0 Å². The van der Waals surface area contributed by atoms with Crippen LogP contribution in [-0.2, 0) is 0 Å². The van der Waals surface area contributed by atoms with Crippen molar-refractivity contribution < 1.29 is 36.2 Å². The summed E-state index contributed by atoms with van der Waals surface area (Å²) in [5, 5.41) is 19.9. The molecule has 0 unspecified atom stereocenters. The quantitative estimate of drug-likeness (QED) is 0.154. The van der Waals surface area contributed by atoms with Gasteiger partial charge in [0.2, 0.25) is 0 Å². The van der Waals surface area contributed by atoms with Crippen LogP contribution in [0.3, 0.4) is 0 Å². The van der Waals surface area contributed by atoms with E-state index in [0.29, 0.717) is 0 Å². The van der Waals surface area contributed by atoms with Gasteiger partial charge in [-0.25, -0.2) is 0 Å². The van der Waals surface area contributed by atoms with Gasteiger partial charge in [0.05, 0.1) is 0 Å². The molecular formula is H2N3NaO2. The van der Waals surface area contributed by atoms with Crippen LogP contribution in [-0.4, -0.2) is 5.21 Å². The van der Waals surface area contributed by atoms with E-state index >= 15 is 0 Å². The number of hydrogen-bond acceptors (Lipinski definition) is 4. The molecule has 0 radical (unpaired) electrons. The summed E-state index contributed by atoms with van der Waals surface area (Å²) in [6.45, 7) is 0. The van der Waals surface area contributed by atoms with Gasteiger partial charge in [0.15, 0.2) is 5.34 Å². The van der Waals surface area contributed by atoms with E-state index in [2.05, 4.69) is 0 Å². The molecule has 6 heteroatoms. The molecule has 0 fully saturated rings. The van der Waals surface area contributed by atoms with Gasteiger partial charge in [0, 0.05) is 10.8 Å². The summed E-state index contributed by atoms with van der Waals surface area (Å²) in [5.41, 5.74) is 0. The number of rotatable bonds is 0. The second-order valence-electron chi connectivity index (χ2n) is 0.0816. The monoisotopic (exact) mass is 99.0 g/mol. The van der Waals surface area contributed by atoms with Gasteiger partial charge in [0.25, 0.3) is 0 Å². The minimum atomic E-state index is 0. The molecule has 6 heavy (non-hydrogen) atoms. The molecule has 0 aliphatic carbocycles. The van der Waals surface area contributed by atoms with Crippen molar-refractivity contribution in [2.75, 3.05) is 0 Å². The van der Waals surface area contributed by atoms with Gasteiger partial charge in [-0.1, -0.05) is 0 Å². The van der Waals surface area contributed by atoms with E-state index in [4.69, 9.17) is 20.9 Å². The molecule has 0 atom stereocenters. The molecule has 0 aromatic carbocycles. The Morgan fingerprint density at radius 2 is 1.67 bits per heavy atom. The third-order valence-corrected chi connectivity index (χ3v) is 0. The Kier molecular flexibility index (Phi) is 296. The zero-order valence-electron chi connectivity index (χ0n) is 4.20. The second-order valence-corrected chi connectivity index (χ2v) is 0.0816. The molecule has 0 aliphatic rings. The maximum absolute atomic E-state index is 8.11. The zero-order valence-corrected chi connectivity index (χ0v) is 5.20. The fourth-order valence-corrected chi connectivity index (χ4v) is 0. The first-order chi connectivity index (χ1) is 2.41. The van der Waals surface area contributed by atoms with Crippen molar-refractivity contribution in [3.05, 3.63) is 4.91 Å². The molecule has 0 saturated heterocycles. The van der Waals surface area contributed by atoms with Crippen LogP contribution in [0.15, 0.2) is 5.34 Å². The van der Waals surface area contributed by atoms with Crippen LogP contribution in [0.4, 0.5) is 0 Å². The third kappa shape index (κ3) is 938. The Balaban J connectivity index is -0.0000000105. The van der Waals surface area contributed by atoms with Crippen LogP contribution < -0.4 is 29.6 Å². The van der Waals surface area contributed by atoms with Gasteiger partial charge < -0.3 is 6.63 Å². The van der Waals surface area contributed by atoms with E-state index in [0.717, 1.165) is 0 Å². The van der Waals surface area contributed by atoms with Crippen LogP contribution in [0, 0.1) is 15.7 Å². The SMILES string of the molecule is N#N.O=NO.[H-].[Na+]. The second kappa shape index (κ2) is 105. The summed E-state index contributed by atoms with van der Waals surface area (Å²) in [6, 6.07) is 0. The fraction of sp³-hybridized carbons (Fsp3) is 0. The van der Waals surface area contributed by atoms with Crippen molar-refractivity contribution in [2.24, 2.45) is 5.34 Å². The number of nitrogens with zero attached hydrogens (tertiary/aromatic N) is 3. The summed E-state index contributed by atoms with van der Waals surface area (Å²) in [4.78, 5) is 8.11.